The van der Waals surface area contributed by atoms with Crippen molar-refractivity contribution < 1.29 is 14.6 Å². The topological polar surface area (TPSA) is 115 Å². The van der Waals surface area contributed by atoms with Gasteiger partial charge in [-0.1, -0.05) is 0 Å². The molecule has 0 bridgehead atoms. The van der Waals surface area contributed by atoms with Crippen molar-refractivity contribution in [1.82, 2.24) is 15.1 Å². The third-order valence-electron chi connectivity index (χ3n) is 4.82. The summed E-state index contributed by atoms with van der Waals surface area (Å²) in [5.74, 6) is -0.193. The van der Waals surface area contributed by atoms with Gasteiger partial charge in [0.15, 0.2) is 0 Å². The number of carbonyl (C=O) groups is 1. The molecule has 1 unspecified atom stereocenters. The molecule has 2 aliphatic heterocycles. The van der Waals surface area contributed by atoms with Gasteiger partial charge in [0.2, 0.25) is 5.91 Å². The smallest absolute Gasteiger partial charge is 0.266 e. The summed E-state index contributed by atoms with van der Waals surface area (Å²) in [7, 11) is 0. The Morgan fingerprint density at radius 3 is 2.78 bits per heavy atom. The number of nitrogens with one attached hydrogen (secondary N) is 2. The lowest BCUT2D eigenvalue weighted by atomic mass is 9.82. The quantitative estimate of drug-likeness (QED) is 0.655. The maximum absolute atomic E-state index is 12.3. The molecule has 0 saturated carbocycles. The number of likely N-dealkylation sites (tertiary alicyclic amines) is 1. The summed E-state index contributed by atoms with van der Waals surface area (Å²) in [6, 6.07) is 1.15. The van der Waals surface area contributed by atoms with Crippen LogP contribution in [0.2, 0.25) is 0 Å². The Labute approximate surface area is 132 Å². The minimum absolute atomic E-state index is 0.102. The standard InChI is InChI=1S/C15H21N3O5/c19-11-2-1-7-23-15(11)3-5-18(6-4-15)13(21)9-10-8-12(20)16-17-14(10)22/h8,11,19H,1-7,9H2,(H,16,20)(H,17,22). The Balaban J connectivity index is 1.63. The molecule has 3 rings (SSSR count). The van der Waals surface area contributed by atoms with Gasteiger partial charge in [0.1, 0.15) is 0 Å². The number of H-pyrrole nitrogens is 2. The van der Waals surface area contributed by atoms with Crippen molar-refractivity contribution in [2.75, 3.05) is 19.7 Å². The summed E-state index contributed by atoms with van der Waals surface area (Å²) in [5, 5.41) is 14.6. The fourth-order valence-electron chi connectivity index (χ4n) is 3.39. The second-order valence-corrected chi connectivity index (χ2v) is 6.24. The molecule has 126 valence electrons. The maximum Gasteiger partial charge on any atom is 0.266 e. The van der Waals surface area contributed by atoms with E-state index in [0.717, 1.165) is 18.9 Å². The van der Waals surface area contributed by atoms with Crippen molar-refractivity contribution in [3.63, 3.8) is 0 Å². The number of aliphatic hydroxyl groups is 1. The second-order valence-electron chi connectivity index (χ2n) is 6.24. The van der Waals surface area contributed by atoms with Crippen molar-refractivity contribution in [2.24, 2.45) is 0 Å². The van der Waals surface area contributed by atoms with E-state index < -0.39 is 22.8 Å². The molecule has 2 aliphatic rings. The van der Waals surface area contributed by atoms with Crippen LogP contribution in [0.15, 0.2) is 15.7 Å². The highest BCUT2D eigenvalue weighted by molar-refractivity contribution is 5.78. The maximum atomic E-state index is 12.3. The van der Waals surface area contributed by atoms with Gasteiger partial charge in [-0.2, -0.15) is 0 Å². The number of piperidine rings is 1. The minimum Gasteiger partial charge on any atom is -0.390 e. The summed E-state index contributed by atoms with van der Waals surface area (Å²) in [5.41, 5.74) is -1.27. The summed E-state index contributed by atoms with van der Waals surface area (Å²) < 4.78 is 5.81. The Morgan fingerprint density at radius 2 is 2.09 bits per heavy atom. The van der Waals surface area contributed by atoms with Crippen LogP contribution in [0.4, 0.5) is 0 Å². The number of rotatable bonds is 2. The van der Waals surface area contributed by atoms with E-state index in [1.165, 1.54) is 0 Å². The van der Waals surface area contributed by atoms with E-state index in [2.05, 4.69) is 10.2 Å². The van der Waals surface area contributed by atoms with Crippen molar-refractivity contribution in [3.05, 3.63) is 32.3 Å². The Morgan fingerprint density at radius 1 is 1.35 bits per heavy atom. The van der Waals surface area contributed by atoms with Crippen molar-refractivity contribution >= 4 is 5.91 Å². The number of aromatic amines is 2. The molecule has 8 nitrogen and oxygen atoms in total. The van der Waals surface area contributed by atoms with E-state index in [-0.39, 0.29) is 17.9 Å². The van der Waals surface area contributed by atoms with Gasteiger partial charge in [0.25, 0.3) is 11.1 Å². The van der Waals surface area contributed by atoms with Crippen molar-refractivity contribution in [3.8, 4) is 0 Å². The third-order valence-corrected chi connectivity index (χ3v) is 4.82. The first-order chi connectivity index (χ1) is 11.0. The van der Waals surface area contributed by atoms with Crippen LogP contribution in [0.3, 0.4) is 0 Å². The van der Waals surface area contributed by atoms with Crippen LogP contribution < -0.4 is 11.1 Å². The fourth-order valence-corrected chi connectivity index (χ4v) is 3.39. The molecular formula is C15H21N3O5. The van der Waals surface area contributed by atoms with Gasteiger partial charge in [-0.3, -0.25) is 24.6 Å². The number of amides is 1. The van der Waals surface area contributed by atoms with Crippen molar-refractivity contribution in [2.45, 2.75) is 43.8 Å². The van der Waals surface area contributed by atoms with Gasteiger partial charge in [-0.05, 0) is 25.7 Å². The molecular weight excluding hydrogens is 302 g/mol. The number of hydrogen-bond acceptors (Lipinski definition) is 5. The normalized spacial score (nSPS) is 23.9. The summed E-state index contributed by atoms with van der Waals surface area (Å²) in [6.45, 7) is 1.61. The molecule has 8 heteroatoms. The molecule has 2 saturated heterocycles. The Kier molecular flexibility index (Phi) is 4.36. The molecule has 1 spiro atoms. The van der Waals surface area contributed by atoms with Crippen LogP contribution in [0.5, 0.6) is 0 Å². The zero-order valence-corrected chi connectivity index (χ0v) is 12.8. The molecule has 2 fully saturated rings. The van der Waals surface area contributed by atoms with Gasteiger partial charge in [-0.15, -0.1) is 0 Å². The first kappa shape index (κ1) is 15.9. The molecule has 0 aromatic carbocycles. The fraction of sp³-hybridized carbons (Fsp3) is 0.667. The van der Waals surface area contributed by atoms with Crippen LogP contribution in [0.1, 0.15) is 31.2 Å². The van der Waals surface area contributed by atoms with Gasteiger partial charge in [0, 0.05) is 31.3 Å². The van der Waals surface area contributed by atoms with E-state index in [9.17, 15) is 19.5 Å². The second kappa shape index (κ2) is 6.29. The highest BCUT2D eigenvalue weighted by atomic mass is 16.5. The zero-order valence-electron chi connectivity index (χ0n) is 12.8. The summed E-state index contributed by atoms with van der Waals surface area (Å²) in [6.07, 6.45) is 2.18. The molecule has 23 heavy (non-hydrogen) atoms. The average molecular weight is 323 g/mol. The monoisotopic (exact) mass is 323 g/mol. The molecule has 0 aliphatic carbocycles. The van der Waals surface area contributed by atoms with E-state index >= 15 is 0 Å². The molecule has 1 amide bonds. The van der Waals surface area contributed by atoms with Gasteiger partial charge >= 0.3 is 0 Å². The van der Waals surface area contributed by atoms with Crippen LogP contribution in [-0.2, 0) is 16.0 Å². The average Bonchev–Trinajstić information content (AvgIpc) is 2.54. The van der Waals surface area contributed by atoms with Crippen LogP contribution >= 0.6 is 0 Å². The SMILES string of the molecule is O=C(Cc1cc(=O)[nH][nH]c1=O)N1CCC2(CC1)OCCCC2O. The van der Waals surface area contributed by atoms with Crippen LogP contribution in [0.25, 0.3) is 0 Å². The number of nitrogens with zero attached hydrogens (tertiary/aromatic N) is 1. The van der Waals surface area contributed by atoms with E-state index in [1.54, 1.807) is 4.90 Å². The predicted octanol–water partition coefficient (Wildman–Crippen LogP) is -0.862. The first-order valence-corrected chi connectivity index (χ1v) is 7.91. The molecule has 1 aromatic heterocycles. The Hall–Kier alpha value is -1.93. The van der Waals surface area contributed by atoms with Gasteiger partial charge < -0.3 is 14.7 Å². The lowest BCUT2D eigenvalue weighted by Crippen LogP contribution is -2.56. The molecule has 3 heterocycles. The lowest BCUT2D eigenvalue weighted by Gasteiger charge is -2.46. The van der Waals surface area contributed by atoms with Gasteiger partial charge in [0.05, 0.1) is 18.1 Å². The van der Waals surface area contributed by atoms with Gasteiger partial charge in [-0.25, -0.2) is 0 Å². The minimum atomic E-state index is -0.531. The summed E-state index contributed by atoms with van der Waals surface area (Å²) in [4.78, 5) is 36.9. The largest absolute Gasteiger partial charge is 0.390 e. The van der Waals surface area contributed by atoms with Crippen LogP contribution in [-0.4, -0.2) is 57.5 Å². The number of aromatic nitrogens is 2. The highest BCUT2D eigenvalue weighted by Crippen LogP contribution is 2.35. The Bertz CT molecular complexity index is 687. The van der Waals surface area contributed by atoms with E-state index in [4.69, 9.17) is 4.74 Å². The number of carbonyl (C=O) groups excluding carboxylic acids is 1. The first-order valence-electron chi connectivity index (χ1n) is 7.91. The van der Waals surface area contributed by atoms with E-state index in [0.29, 0.717) is 32.5 Å². The zero-order chi connectivity index (χ0) is 16.4. The summed E-state index contributed by atoms with van der Waals surface area (Å²) >= 11 is 0. The third kappa shape index (κ3) is 3.23. The van der Waals surface area contributed by atoms with E-state index in [1.807, 2.05) is 0 Å². The molecule has 3 N–H and O–H groups in total. The molecule has 1 aromatic rings. The highest BCUT2D eigenvalue weighted by Gasteiger charge is 2.44. The van der Waals surface area contributed by atoms with Crippen molar-refractivity contribution in [1.29, 1.82) is 0 Å². The van der Waals surface area contributed by atoms with Crippen LogP contribution in [0, 0.1) is 0 Å². The molecule has 0 radical (unpaired) electrons. The molecule has 1 atom stereocenters. The number of hydrogen-bond donors (Lipinski definition) is 3. The predicted molar refractivity (Wildman–Crippen MR) is 81.1 cm³/mol. The number of aliphatic hydroxyl groups excluding tert-OH is 1. The lowest BCUT2D eigenvalue weighted by molar-refractivity contribution is -0.179. The number of ether oxygens (including phenoxy) is 1.